The number of aromatic nitrogens is 2. The van der Waals surface area contributed by atoms with Crippen molar-refractivity contribution in [2.24, 2.45) is 0 Å². The van der Waals surface area contributed by atoms with Gasteiger partial charge in [-0.1, -0.05) is 0 Å². The third-order valence-corrected chi connectivity index (χ3v) is 5.04. The molecule has 0 fully saturated rings. The van der Waals surface area contributed by atoms with Crippen molar-refractivity contribution in [2.75, 3.05) is 37.6 Å². The molecule has 0 bridgehead atoms. The third kappa shape index (κ3) is 6.11. The lowest BCUT2D eigenvalue weighted by atomic mass is 10.1. The number of nitrogens with one attached hydrogen (secondary N) is 1. The van der Waals surface area contributed by atoms with Gasteiger partial charge in [-0.05, 0) is 42.0 Å². The number of halogens is 7. The molecule has 0 unspecified atom stereocenters. The number of alkyl halides is 6. The maximum atomic E-state index is 13.7. The summed E-state index contributed by atoms with van der Waals surface area (Å²) in [6.07, 6.45) is -10.3. The number of hydrogen-bond donors (Lipinski definition) is 1. The van der Waals surface area contributed by atoms with Crippen LogP contribution in [-0.2, 0) is 28.3 Å². The SMILES string of the molecule is COCCN(C)c1nc2cc(C(F)(F)F)ccc2c(=O)n1NC(=O)Cc1cc(F)cc(C(F)(F)F)c1. The number of rotatable bonds is 7. The molecule has 7 nitrogen and oxygen atoms in total. The van der Waals surface area contributed by atoms with Crippen LogP contribution >= 0.6 is 0 Å². The van der Waals surface area contributed by atoms with Crippen molar-refractivity contribution >= 4 is 22.8 Å². The zero-order chi connectivity index (χ0) is 26.8. The summed E-state index contributed by atoms with van der Waals surface area (Å²) in [6.45, 7) is 0.243. The van der Waals surface area contributed by atoms with Gasteiger partial charge in [-0.15, -0.1) is 0 Å². The molecule has 0 radical (unpaired) electrons. The van der Waals surface area contributed by atoms with Gasteiger partial charge in [0.15, 0.2) is 0 Å². The first kappa shape index (κ1) is 26.9. The average molecular weight is 520 g/mol. The van der Waals surface area contributed by atoms with Crippen molar-refractivity contribution in [3.8, 4) is 0 Å². The Labute approximate surface area is 199 Å². The monoisotopic (exact) mass is 520 g/mol. The van der Waals surface area contributed by atoms with Gasteiger partial charge in [0.05, 0.1) is 35.1 Å². The molecule has 0 aliphatic rings. The van der Waals surface area contributed by atoms with Crippen LogP contribution in [0.4, 0.5) is 36.7 Å². The van der Waals surface area contributed by atoms with Gasteiger partial charge in [0.25, 0.3) is 5.56 Å². The van der Waals surface area contributed by atoms with Crippen LogP contribution in [0.25, 0.3) is 10.9 Å². The molecule has 3 aromatic rings. The van der Waals surface area contributed by atoms with Crippen LogP contribution in [0.1, 0.15) is 16.7 Å². The lowest BCUT2D eigenvalue weighted by Gasteiger charge is -2.23. The fourth-order valence-corrected chi connectivity index (χ4v) is 3.30. The second-order valence-electron chi connectivity index (χ2n) is 7.75. The van der Waals surface area contributed by atoms with Gasteiger partial charge in [-0.25, -0.2) is 9.37 Å². The summed E-state index contributed by atoms with van der Waals surface area (Å²) < 4.78 is 97.6. The van der Waals surface area contributed by atoms with Gasteiger partial charge in [0.2, 0.25) is 11.9 Å². The number of fused-ring (bicyclic) bond motifs is 1. The van der Waals surface area contributed by atoms with E-state index in [0.29, 0.717) is 22.9 Å². The Hall–Kier alpha value is -3.68. The van der Waals surface area contributed by atoms with Crippen LogP contribution in [0, 0.1) is 5.82 Å². The predicted octanol–water partition coefficient (Wildman–Crippen LogP) is 3.97. The van der Waals surface area contributed by atoms with E-state index in [2.05, 4.69) is 10.4 Å². The lowest BCUT2D eigenvalue weighted by Crippen LogP contribution is -2.39. The zero-order valence-corrected chi connectivity index (χ0v) is 18.8. The van der Waals surface area contributed by atoms with Crippen LogP contribution < -0.4 is 15.9 Å². The number of carbonyl (C=O) groups is 1. The quantitative estimate of drug-likeness (QED) is 0.478. The van der Waals surface area contributed by atoms with Gasteiger partial charge >= 0.3 is 12.4 Å². The van der Waals surface area contributed by atoms with E-state index in [4.69, 9.17) is 4.74 Å². The number of carbonyl (C=O) groups excluding carboxylic acids is 1. The minimum absolute atomic E-state index is 0.113. The third-order valence-electron chi connectivity index (χ3n) is 5.04. The first-order chi connectivity index (χ1) is 16.7. The van der Waals surface area contributed by atoms with E-state index in [9.17, 15) is 40.3 Å². The molecule has 3 rings (SSSR count). The first-order valence-electron chi connectivity index (χ1n) is 10.2. The van der Waals surface area contributed by atoms with Crippen molar-refractivity contribution in [3.05, 3.63) is 69.3 Å². The fraction of sp³-hybridized carbons (Fsp3) is 0.318. The summed E-state index contributed by atoms with van der Waals surface area (Å²) >= 11 is 0. The Kier molecular flexibility index (Phi) is 7.57. The number of nitrogens with zero attached hydrogens (tertiary/aromatic N) is 3. The molecule has 194 valence electrons. The number of anilines is 1. The van der Waals surface area contributed by atoms with Crippen LogP contribution in [-0.4, -0.2) is 42.9 Å². The zero-order valence-electron chi connectivity index (χ0n) is 18.8. The maximum Gasteiger partial charge on any atom is 0.416 e. The highest BCUT2D eigenvalue weighted by molar-refractivity contribution is 5.87. The summed E-state index contributed by atoms with van der Waals surface area (Å²) in [7, 11) is 2.82. The molecule has 0 spiro atoms. The summed E-state index contributed by atoms with van der Waals surface area (Å²) in [5, 5.41) is -0.252. The molecular formula is C22H19F7N4O3. The Morgan fingerprint density at radius 1 is 1.06 bits per heavy atom. The minimum atomic E-state index is -4.85. The van der Waals surface area contributed by atoms with Crippen molar-refractivity contribution in [1.82, 2.24) is 9.66 Å². The van der Waals surface area contributed by atoms with Crippen molar-refractivity contribution in [2.45, 2.75) is 18.8 Å². The van der Waals surface area contributed by atoms with Gasteiger partial charge in [-0.2, -0.15) is 31.0 Å². The number of hydrogen-bond acceptors (Lipinski definition) is 5. The minimum Gasteiger partial charge on any atom is -0.383 e. The molecule has 36 heavy (non-hydrogen) atoms. The van der Waals surface area contributed by atoms with Crippen molar-refractivity contribution in [3.63, 3.8) is 0 Å². The molecule has 1 heterocycles. The smallest absolute Gasteiger partial charge is 0.383 e. The molecule has 0 atom stereocenters. The van der Waals surface area contributed by atoms with E-state index in [1.54, 1.807) is 0 Å². The van der Waals surface area contributed by atoms with Gasteiger partial charge in [-0.3, -0.25) is 15.0 Å². The Morgan fingerprint density at radius 3 is 2.33 bits per heavy atom. The molecule has 1 aromatic heterocycles. The molecule has 2 aromatic carbocycles. The van der Waals surface area contributed by atoms with E-state index in [1.807, 2.05) is 0 Å². The second-order valence-corrected chi connectivity index (χ2v) is 7.75. The normalized spacial score (nSPS) is 12.1. The highest BCUT2D eigenvalue weighted by Gasteiger charge is 2.32. The van der Waals surface area contributed by atoms with Crippen LogP contribution in [0.5, 0.6) is 0 Å². The van der Waals surface area contributed by atoms with Gasteiger partial charge in [0.1, 0.15) is 5.82 Å². The number of benzene rings is 2. The predicted molar refractivity (Wildman–Crippen MR) is 116 cm³/mol. The van der Waals surface area contributed by atoms with Crippen LogP contribution in [0.3, 0.4) is 0 Å². The lowest BCUT2D eigenvalue weighted by molar-refractivity contribution is -0.138. The van der Waals surface area contributed by atoms with Gasteiger partial charge < -0.3 is 9.64 Å². The summed E-state index contributed by atoms with van der Waals surface area (Å²) in [5.41, 5.74) is -1.68. The van der Waals surface area contributed by atoms with Crippen LogP contribution in [0.2, 0.25) is 0 Å². The molecule has 0 saturated heterocycles. The second kappa shape index (κ2) is 10.1. The number of methoxy groups -OCH3 is 1. The van der Waals surface area contributed by atoms with Crippen molar-refractivity contribution < 1.29 is 40.3 Å². The average Bonchev–Trinajstić information content (AvgIpc) is 2.77. The van der Waals surface area contributed by atoms with Gasteiger partial charge in [0, 0.05) is 20.7 Å². The van der Waals surface area contributed by atoms with E-state index < -0.39 is 47.2 Å². The summed E-state index contributed by atoms with van der Waals surface area (Å²) in [4.78, 5) is 31.1. The molecule has 14 heteroatoms. The summed E-state index contributed by atoms with van der Waals surface area (Å²) in [5.74, 6) is -2.46. The fourth-order valence-electron chi connectivity index (χ4n) is 3.30. The topological polar surface area (TPSA) is 76.5 Å². The van der Waals surface area contributed by atoms with Crippen molar-refractivity contribution in [1.29, 1.82) is 0 Å². The number of amides is 1. The summed E-state index contributed by atoms with van der Waals surface area (Å²) in [6, 6.07) is 3.86. The molecule has 1 N–H and O–H groups in total. The first-order valence-corrected chi connectivity index (χ1v) is 10.2. The van der Waals surface area contributed by atoms with E-state index in [1.165, 1.54) is 19.1 Å². The Bertz CT molecular complexity index is 1340. The highest BCUT2D eigenvalue weighted by Crippen LogP contribution is 2.31. The Morgan fingerprint density at radius 2 is 1.72 bits per heavy atom. The largest absolute Gasteiger partial charge is 0.416 e. The molecule has 0 aliphatic heterocycles. The highest BCUT2D eigenvalue weighted by atomic mass is 19.4. The van der Waals surface area contributed by atoms with Crippen LogP contribution in [0.15, 0.2) is 41.2 Å². The molecule has 0 aliphatic carbocycles. The maximum absolute atomic E-state index is 13.7. The number of ether oxygens (including phenoxy) is 1. The van der Waals surface area contributed by atoms with E-state index in [0.717, 1.165) is 12.1 Å². The standard InChI is InChI=1S/C22H19F7N4O3/c1-32(5-6-36-2)20-30-17-11-13(21(24,25)26)3-4-16(17)19(35)33(20)31-18(34)9-12-7-14(22(27,28)29)10-15(23)8-12/h3-4,7-8,10-11H,5-6,9H2,1-2H3,(H,31,34). The Balaban J connectivity index is 2.03. The molecule has 1 amide bonds. The molecular weight excluding hydrogens is 501 g/mol. The van der Waals surface area contributed by atoms with E-state index >= 15 is 0 Å². The number of likely N-dealkylation sites (N-methyl/N-ethyl adjacent to an activating group) is 1. The van der Waals surface area contributed by atoms with E-state index in [-0.39, 0.29) is 41.6 Å². The molecule has 0 saturated carbocycles.